The lowest BCUT2D eigenvalue weighted by Gasteiger charge is -2.34. The van der Waals surface area contributed by atoms with Crippen molar-refractivity contribution in [3.05, 3.63) is 65.2 Å². The summed E-state index contributed by atoms with van der Waals surface area (Å²) in [6, 6.07) is 11.8. The van der Waals surface area contributed by atoms with Crippen molar-refractivity contribution in [2.45, 2.75) is 13.0 Å². The van der Waals surface area contributed by atoms with Crippen LogP contribution < -0.4 is 14.5 Å². The maximum absolute atomic E-state index is 10.6. The second kappa shape index (κ2) is 8.47. The number of phenols is 1. The number of hydrogen-bond donors (Lipinski definition) is 2. The molecule has 26 heavy (non-hydrogen) atoms. The number of allylic oxidation sites excluding steroid dienone is 1. The molecule has 0 atom stereocenters. The Morgan fingerprint density at radius 1 is 1.23 bits per heavy atom. The molecular formula is C21H26ClN2O2+. The van der Waals surface area contributed by atoms with E-state index in [1.807, 2.05) is 30.3 Å². The van der Waals surface area contributed by atoms with Crippen molar-refractivity contribution in [1.82, 2.24) is 0 Å². The van der Waals surface area contributed by atoms with Crippen molar-refractivity contribution in [3.63, 3.8) is 0 Å². The molecule has 0 bridgehead atoms. The van der Waals surface area contributed by atoms with Crippen LogP contribution in [0.1, 0.15) is 11.1 Å². The van der Waals surface area contributed by atoms with Crippen molar-refractivity contribution < 1.29 is 14.7 Å². The van der Waals surface area contributed by atoms with Gasteiger partial charge in [-0.2, -0.15) is 0 Å². The van der Waals surface area contributed by atoms with Crippen LogP contribution in [0.3, 0.4) is 0 Å². The number of phenolic OH excluding ortho intramolecular Hbond substituents is 1. The van der Waals surface area contributed by atoms with Gasteiger partial charge in [0, 0.05) is 16.3 Å². The molecule has 0 aromatic heterocycles. The maximum Gasteiger partial charge on any atom is 0.128 e. The van der Waals surface area contributed by atoms with Crippen molar-refractivity contribution in [2.75, 3.05) is 38.2 Å². The molecule has 5 heteroatoms. The van der Waals surface area contributed by atoms with Gasteiger partial charge in [0.05, 0.1) is 38.9 Å². The Labute approximate surface area is 160 Å². The first-order valence-electron chi connectivity index (χ1n) is 8.94. The third-order valence-electron chi connectivity index (χ3n) is 4.93. The monoisotopic (exact) mass is 373 g/mol. The molecule has 1 saturated heterocycles. The van der Waals surface area contributed by atoms with E-state index in [1.165, 1.54) is 10.6 Å². The zero-order valence-electron chi connectivity index (χ0n) is 15.2. The number of hydrogen-bond acceptors (Lipinski definition) is 3. The highest BCUT2D eigenvalue weighted by Crippen LogP contribution is 2.28. The summed E-state index contributed by atoms with van der Waals surface area (Å²) >= 11 is 6.11. The van der Waals surface area contributed by atoms with E-state index in [0.29, 0.717) is 12.2 Å². The first-order chi connectivity index (χ1) is 12.6. The Morgan fingerprint density at radius 2 is 1.96 bits per heavy atom. The Hall–Kier alpha value is -2.17. The van der Waals surface area contributed by atoms with E-state index in [1.54, 1.807) is 13.2 Å². The summed E-state index contributed by atoms with van der Waals surface area (Å²) in [5, 5.41) is 11.4. The van der Waals surface area contributed by atoms with Crippen LogP contribution in [-0.4, -0.2) is 38.4 Å². The standard InChI is InChI=1S/C21H25ClN2O2/c1-3-5-16-12-20(26-2)13-17(21(16)25)15-23-8-10-24(11-9-23)19-7-4-6-18(22)14-19/h3-4,6-7,12-14,25H,1,5,8-11,15H2,2H3/p+1. The van der Waals surface area contributed by atoms with Crippen LogP contribution in [-0.2, 0) is 13.0 Å². The highest BCUT2D eigenvalue weighted by atomic mass is 35.5. The molecule has 138 valence electrons. The lowest BCUT2D eigenvalue weighted by atomic mass is 10.0. The van der Waals surface area contributed by atoms with Gasteiger partial charge in [-0.15, -0.1) is 6.58 Å². The SMILES string of the molecule is C=CCc1cc(OC)cc(C[NH+]2CCN(c3cccc(Cl)c3)CC2)c1O. The van der Waals surface area contributed by atoms with Gasteiger partial charge in [0.25, 0.3) is 0 Å². The number of rotatable bonds is 6. The first kappa shape index (κ1) is 18.6. The van der Waals surface area contributed by atoms with Crippen molar-refractivity contribution in [1.29, 1.82) is 0 Å². The molecule has 1 fully saturated rings. The zero-order chi connectivity index (χ0) is 18.5. The quantitative estimate of drug-likeness (QED) is 0.764. The van der Waals surface area contributed by atoms with E-state index in [2.05, 4.69) is 17.5 Å². The van der Waals surface area contributed by atoms with E-state index in [4.69, 9.17) is 16.3 Å². The average molecular weight is 374 g/mol. The number of benzene rings is 2. The Bertz CT molecular complexity index is 771. The molecule has 3 rings (SSSR count). The summed E-state index contributed by atoms with van der Waals surface area (Å²) in [7, 11) is 1.66. The molecule has 0 saturated carbocycles. The molecule has 1 aliphatic heterocycles. The molecule has 0 spiro atoms. The second-order valence-corrected chi connectivity index (χ2v) is 7.12. The number of aromatic hydroxyl groups is 1. The van der Waals surface area contributed by atoms with Crippen LogP contribution >= 0.6 is 11.6 Å². The van der Waals surface area contributed by atoms with Crippen molar-refractivity contribution in [3.8, 4) is 11.5 Å². The number of nitrogens with zero attached hydrogens (tertiary/aromatic N) is 1. The summed E-state index contributed by atoms with van der Waals surface area (Å²) in [5.41, 5.74) is 2.98. The fourth-order valence-corrected chi connectivity index (χ4v) is 3.68. The predicted octanol–water partition coefficient (Wildman–Crippen LogP) is 2.69. The minimum atomic E-state index is 0.371. The van der Waals surface area contributed by atoms with Crippen LogP contribution in [0.25, 0.3) is 0 Å². The van der Waals surface area contributed by atoms with Crippen LogP contribution in [0.5, 0.6) is 11.5 Å². The molecule has 2 aromatic rings. The fraction of sp³-hybridized carbons (Fsp3) is 0.333. The third-order valence-corrected chi connectivity index (χ3v) is 5.16. The number of anilines is 1. The van der Waals surface area contributed by atoms with Crippen LogP contribution in [0.4, 0.5) is 5.69 Å². The number of piperazine rings is 1. The van der Waals surface area contributed by atoms with Gasteiger partial charge in [0.1, 0.15) is 18.0 Å². The molecule has 0 amide bonds. The van der Waals surface area contributed by atoms with Crippen LogP contribution in [0, 0.1) is 0 Å². The van der Waals surface area contributed by atoms with Crippen LogP contribution in [0.15, 0.2) is 49.1 Å². The van der Waals surface area contributed by atoms with E-state index < -0.39 is 0 Å². The molecular weight excluding hydrogens is 348 g/mol. The molecule has 0 aliphatic carbocycles. The number of methoxy groups -OCH3 is 1. The number of ether oxygens (including phenoxy) is 1. The third kappa shape index (κ3) is 4.32. The van der Waals surface area contributed by atoms with Crippen LogP contribution in [0.2, 0.25) is 5.02 Å². The van der Waals surface area contributed by atoms with Crippen molar-refractivity contribution in [2.24, 2.45) is 0 Å². The summed E-state index contributed by atoms with van der Waals surface area (Å²) in [4.78, 5) is 3.82. The first-order valence-corrected chi connectivity index (χ1v) is 9.32. The summed E-state index contributed by atoms with van der Waals surface area (Å²) in [6.45, 7) is 8.53. The molecule has 0 unspecified atom stereocenters. The fourth-order valence-electron chi connectivity index (χ4n) is 3.49. The second-order valence-electron chi connectivity index (χ2n) is 6.68. The van der Waals surface area contributed by atoms with Gasteiger partial charge in [-0.05, 0) is 36.8 Å². The lowest BCUT2D eigenvalue weighted by Crippen LogP contribution is -3.13. The van der Waals surface area contributed by atoms with Gasteiger partial charge in [-0.25, -0.2) is 0 Å². The van der Waals surface area contributed by atoms with Gasteiger partial charge < -0.3 is 19.6 Å². The average Bonchev–Trinajstić information content (AvgIpc) is 2.65. The highest BCUT2D eigenvalue weighted by molar-refractivity contribution is 6.30. The van der Waals surface area contributed by atoms with Gasteiger partial charge in [0.15, 0.2) is 0 Å². The normalized spacial score (nSPS) is 15.1. The maximum atomic E-state index is 10.6. The Kier molecular flexibility index (Phi) is 6.07. The topological polar surface area (TPSA) is 37.1 Å². The Morgan fingerprint density at radius 3 is 2.62 bits per heavy atom. The Balaban J connectivity index is 1.67. The number of halogens is 1. The van der Waals surface area contributed by atoms with E-state index >= 15 is 0 Å². The minimum absolute atomic E-state index is 0.371. The van der Waals surface area contributed by atoms with Gasteiger partial charge in [-0.3, -0.25) is 0 Å². The lowest BCUT2D eigenvalue weighted by molar-refractivity contribution is -0.914. The summed E-state index contributed by atoms with van der Waals surface area (Å²) < 4.78 is 5.40. The summed E-state index contributed by atoms with van der Waals surface area (Å²) in [6.07, 6.45) is 2.43. The summed E-state index contributed by atoms with van der Waals surface area (Å²) in [5.74, 6) is 1.15. The highest BCUT2D eigenvalue weighted by Gasteiger charge is 2.22. The zero-order valence-corrected chi connectivity index (χ0v) is 15.9. The molecule has 4 nitrogen and oxygen atoms in total. The van der Waals surface area contributed by atoms with E-state index in [-0.39, 0.29) is 0 Å². The molecule has 0 radical (unpaired) electrons. The van der Waals surface area contributed by atoms with E-state index in [9.17, 15) is 5.11 Å². The van der Waals surface area contributed by atoms with Crippen molar-refractivity contribution >= 4 is 17.3 Å². The molecule has 1 aliphatic rings. The van der Waals surface area contributed by atoms with Gasteiger partial charge in [0.2, 0.25) is 0 Å². The minimum Gasteiger partial charge on any atom is -0.507 e. The molecule has 2 aromatic carbocycles. The predicted molar refractivity (Wildman–Crippen MR) is 107 cm³/mol. The smallest absolute Gasteiger partial charge is 0.128 e. The largest absolute Gasteiger partial charge is 0.507 e. The number of nitrogens with one attached hydrogen (secondary N) is 1. The van der Waals surface area contributed by atoms with Gasteiger partial charge in [-0.1, -0.05) is 23.7 Å². The molecule has 2 N–H and O–H groups in total. The number of quaternary nitrogens is 1. The van der Waals surface area contributed by atoms with E-state index in [0.717, 1.165) is 54.6 Å². The van der Waals surface area contributed by atoms with Gasteiger partial charge >= 0.3 is 0 Å². The molecule has 1 heterocycles.